The number of rotatable bonds is 14. The number of hydrogen-bond donors (Lipinski definition) is 3. The molecular weight excluding hydrogens is 338 g/mol. The lowest BCUT2D eigenvalue weighted by Gasteiger charge is -2.23. The second kappa shape index (κ2) is 16.0. The van der Waals surface area contributed by atoms with Gasteiger partial charge >= 0.3 is 5.97 Å². The Labute approximate surface area is 158 Å². The summed E-state index contributed by atoms with van der Waals surface area (Å²) in [6.45, 7) is 3.62. The molecule has 26 heavy (non-hydrogen) atoms. The average molecular weight is 378 g/mol. The number of unbranched alkanes of at least 4 members (excludes halogenated alkanes) is 9. The summed E-state index contributed by atoms with van der Waals surface area (Å²) < 4.78 is 1.12. The zero-order valence-electron chi connectivity index (χ0n) is 16.9. The first-order chi connectivity index (χ1) is 12.0. The summed E-state index contributed by atoms with van der Waals surface area (Å²) in [7, 11) is 6.86. The molecule has 7 heteroatoms. The van der Waals surface area contributed by atoms with E-state index in [-0.39, 0.29) is 0 Å². The highest BCUT2D eigenvalue weighted by molar-refractivity contribution is 5.81. The normalized spacial score (nSPS) is 13.5. The highest BCUT2D eigenvalue weighted by atomic mass is 16.4. The number of hydrogen-bond acceptors (Lipinski definition) is 5. The summed E-state index contributed by atoms with van der Waals surface area (Å²) in [6, 6.07) is 0. The van der Waals surface area contributed by atoms with Crippen molar-refractivity contribution in [1.82, 2.24) is 0 Å². The van der Waals surface area contributed by atoms with Crippen LogP contribution in [-0.4, -0.2) is 71.6 Å². The first-order valence-electron chi connectivity index (χ1n) is 9.63. The van der Waals surface area contributed by atoms with Gasteiger partial charge in [-0.3, -0.25) is 0 Å². The standard InChI is InChI=1S/C15H34N.C4H6O6/c1-5-6-7-8-9-10-11-12-13-14-15-16(2,3)4;5-1(3(7)8)2(6)4(9)10/h5-15H2,1-4H3;1-2,5-6H,(H,7,8)(H,9,10)/q+1;/p-1. The molecular formula is C19H39NO6. The molecule has 0 bridgehead atoms. The van der Waals surface area contributed by atoms with E-state index in [4.69, 9.17) is 15.3 Å². The number of aliphatic hydroxyl groups excluding tert-OH is 2. The van der Waals surface area contributed by atoms with E-state index in [1.165, 1.54) is 70.8 Å². The molecule has 3 N–H and O–H groups in total. The maximum Gasteiger partial charge on any atom is 0.335 e. The maximum absolute atomic E-state index is 9.74. The van der Waals surface area contributed by atoms with Crippen molar-refractivity contribution in [2.75, 3.05) is 27.7 Å². The van der Waals surface area contributed by atoms with E-state index in [0.717, 1.165) is 4.48 Å². The SMILES string of the molecule is CCCCCCCCCCCC[N+](C)(C)C.O=C([O-])C(O)C(O)C(=O)O. The zero-order chi connectivity index (χ0) is 20.6. The Bertz CT molecular complexity index is 350. The molecule has 0 amide bonds. The molecule has 0 rings (SSSR count). The lowest BCUT2D eigenvalue weighted by molar-refractivity contribution is -0.870. The Morgan fingerprint density at radius 1 is 0.808 bits per heavy atom. The van der Waals surface area contributed by atoms with Gasteiger partial charge in [0.15, 0.2) is 6.10 Å². The molecule has 0 saturated carbocycles. The minimum absolute atomic E-state index is 1.12. The van der Waals surface area contributed by atoms with Gasteiger partial charge in [-0.25, -0.2) is 4.79 Å². The molecule has 0 heterocycles. The quantitative estimate of drug-likeness (QED) is 0.309. The van der Waals surface area contributed by atoms with Gasteiger partial charge in [0.2, 0.25) is 0 Å². The van der Waals surface area contributed by atoms with Crippen LogP contribution in [0.5, 0.6) is 0 Å². The van der Waals surface area contributed by atoms with Crippen LogP contribution in [0.25, 0.3) is 0 Å². The Morgan fingerprint density at radius 2 is 1.19 bits per heavy atom. The monoisotopic (exact) mass is 377 g/mol. The highest BCUT2D eigenvalue weighted by Crippen LogP contribution is 2.11. The average Bonchev–Trinajstić information content (AvgIpc) is 2.54. The van der Waals surface area contributed by atoms with Crippen molar-refractivity contribution in [3.8, 4) is 0 Å². The largest absolute Gasteiger partial charge is 0.547 e. The molecule has 2 atom stereocenters. The van der Waals surface area contributed by atoms with Crippen LogP contribution in [0.15, 0.2) is 0 Å². The van der Waals surface area contributed by atoms with Gasteiger partial charge in [0, 0.05) is 0 Å². The summed E-state index contributed by atoms with van der Waals surface area (Å²) in [5.41, 5.74) is 0. The smallest absolute Gasteiger partial charge is 0.335 e. The van der Waals surface area contributed by atoms with Gasteiger partial charge < -0.3 is 29.7 Å². The number of carbonyl (C=O) groups excluding carboxylic acids is 1. The molecule has 0 aromatic carbocycles. The predicted molar refractivity (Wildman–Crippen MR) is 99.4 cm³/mol. The van der Waals surface area contributed by atoms with Crippen molar-refractivity contribution >= 4 is 11.9 Å². The highest BCUT2D eigenvalue weighted by Gasteiger charge is 2.23. The van der Waals surface area contributed by atoms with Crippen LogP contribution in [0.1, 0.15) is 71.1 Å². The Kier molecular flexibility index (Phi) is 16.7. The van der Waals surface area contributed by atoms with Gasteiger partial charge in [-0.15, -0.1) is 0 Å². The number of carbonyl (C=O) groups is 2. The molecule has 0 aliphatic rings. The van der Waals surface area contributed by atoms with E-state index in [2.05, 4.69) is 28.1 Å². The van der Waals surface area contributed by atoms with Crippen molar-refractivity contribution in [2.24, 2.45) is 0 Å². The third-order valence-corrected chi connectivity index (χ3v) is 3.98. The maximum atomic E-state index is 9.74. The van der Waals surface area contributed by atoms with Gasteiger partial charge in [-0.2, -0.15) is 0 Å². The lowest BCUT2D eigenvalue weighted by atomic mass is 10.1. The number of aliphatic carboxylic acids is 2. The van der Waals surface area contributed by atoms with Crippen LogP contribution in [0, 0.1) is 0 Å². The molecule has 0 radical (unpaired) electrons. The fourth-order valence-corrected chi connectivity index (χ4v) is 2.34. The first kappa shape index (κ1) is 27.0. The third-order valence-electron chi connectivity index (χ3n) is 3.98. The molecule has 0 saturated heterocycles. The van der Waals surface area contributed by atoms with E-state index < -0.39 is 24.1 Å². The van der Waals surface area contributed by atoms with Crippen LogP contribution in [-0.2, 0) is 9.59 Å². The van der Waals surface area contributed by atoms with E-state index in [9.17, 15) is 14.7 Å². The van der Waals surface area contributed by atoms with Crippen molar-refractivity contribution in [3.05, 3.63) is 0 Å². The minimum atomic E-state index is -2.38. The Balaban J connectivity index is 0. The summed E-state index contributed by atoms with van der Waals surface area (Å²) in [5.74, 6) is -3.83. The van der Waals surface area contributed by atoms with Gasteiger partial charge in [-0.05, 0) is 12.8 Å². The fraction of sp³-hybridized carbons (Fsp3) is 0.895. The number of carboxylic acid groups (broad SMARTS) is 2. The van der Waals surface area contributed by atoms with Crippen molar-refractivity contribution in [1.29, 1.82) is 0 Å². The van der Waals surface area contributed by atoms with Crippen molar-refractivity contribution < 1.29 is 34.5 Å². The molecule has 0 aromatic rings. The summed E-state index contributed by atoms with van der Waals surface area (Å²) in [4.78, 5) is 19.4. The second-order valence-corrected chi connectivity index (χ2v) is 7.74. The number of carboxylic acids is 2. The Hall–Kier alpha value is -1.18. The van der Waals surface area contributed by atoms with Crippen LogP contribution in [0.3, 0.4) is 0 Å². The molecule has 7 nitrogen and oxygen atoms in total. The summed E-state index contributed by atoms with van der Waals surface area (Å²) in [5, 5.41) is 34.1. The molecule has 156 valence electrons. The minimum Gasteiger partial charge on any atom is -0.547 e. The van der Waals surface area contributed by atoms with Crippen LogP contribution < -0.4 is 5.11 Å². The van der Waals surface area contributed by atoms with Crippen LogP contribution >= 0.6 is 0 Å². The van der Waals surface area contributed by atoms with E-state index in [0.29, 0.717) is 0 Å². The van der Waals surface area contributed by atoms with Crippen molar-refractivity contribution in [3.63, 3.8) is 0 Å². The van der Waals surface area contributed by atoms with Crippen LogP contribution in [0.2, 0.25) is 0 Å². The third kappa shape index (κ3) is 19.1. The van der Waals surface area contributed by atoms with E-state index in [1.807, 2.05) is 0 Å². The summed E-state index contributed by atoms with van der Waals surface area (Å²) in [6.07, 6.45) is 9.70. The number of nitrogens with zero attached hydrogens (tertiary/aromatic N) is 1. The summed E-state index contributed by atoms with van der Waals surface area (Å²) >= 11 is 0. The van der Waals surface area contributed by atoms with Crippen LogP contribution in [0.4, 0.5) is 0 Å². The molecule has 0 fully saturated rings. The Morgan fingerprint density at radius 3 is 1.46 bits per heavy atom. The van der Waals surface area contributed by atoms with Crippen molar-refractivity contribution in [2.45, 2.75) is 83.3 Å². The number of quaternary nitrogens is 1. The molecule has 0 spiro atoms. The second-order valence-electron chi connectivity index (χ2n) is 7.74. The molecule has 0 aliphatic heterocycles. The van der Waals surface area contributed by atoms with Gasteiger partial charge in [-0.1, -0.05) is 58.3 Å². The first-order valence-corrected chi connectivity index (χ1v) is 9.63. The number of aliphatic hydroxyl groups is 2. The lowest BCUT2D eigenvalue weighted by Crippen LogP contribution is -2.46. The van der Waals surface area contributed by atoms with Gasteiger partial charge in [0.05, 0.1) is 33.7 Å². The van der Waals surface area contributed by atoms with E-state index >= 15 is 0 Å². The molecule has 0 aliphatic carbocycles. The molecule has 2 unspecified atom stereocenters. The van der Waals surface area contributed by atoms with E-state index in [1.54, 1.807) is 0 Å². The predicted octanol–water partition coefficient (Wildman–Crippen LogP) is 1.16. The zero-order valence-corrected chi connectivity index (χ0v) is 16.9. The topological polar surface area (TPSA) is 118 Å². The van der Waals surface area contributed by atoms with Gasteiger partial charge in [0.25, 0.3) is 0 Å². The fourth-order valence-electron chi connectivity index (χ4n) is 2.34. The molecule has 0 aromatic heterocycles. The van der Waals surface area contributed by atoms with Gasteiger partial charge in [0.1, 0.15) is 6.10 Å².